The Bertz CT molecular complexity index is 1120. The Labute approximate surface area is 189 Å². The predicted octanol–water partition coefficient (Wildman–Crippen LogP) is 4.46. The van der Waals surface area contributed by atoms with E-state index in [0.717, 1.165) is 0 Å². The molecular weight excluding hydrogens is 435 g/mol. The van der Waals surface area contributed by atoms with E-state index < -0.39 is 0 Å². The Hall–Kier alpha value is -3.58. The summed E-state index contributed by atoms with van der Waals surface area (Å²) >= 11 is 5.88. The summed E-state index contributed by atoms with van der Waals surface area (Å²) in [5.41, 5.74) is 1.78. The SMILES string of the molecule is O=C(Cc1ccc(F)cc1)Nc1ccc2c(c1)N(CCOc1ccc(Cl)cc1)C(=O)CO2. The molecule has 3 aromatic rings. The lowest BCUT2D eigenvalue weighted by Crippen LogP contribution is -2.41. The summed E-state index contributed by atoms with van der Waals surface area (Å²) in [4.78, 5) is 26.4. The number of nitrogens with zero attached hydrogens (tertiary/aromatic N) is 1. The minimum absolute atomic E-state index is 0.0653. The molecule has 2 amide bonds. The van der Waals surface area contributed by atoms with Crippen molar-refractivity contribution in [2.75, 3.05) is 30.0 Å². The van der Waals surface area contributed by atoms with Crippen LogP contribution in [-0.4, -0.2) is 31.6 Å². The molecule has 3 aromatic carbocycles. The third kappa shape index (κ3) is 5.36. The summed E-state index contributed by atoms with van der Waals surface area (Å²) in [6, 6.07) is 17.8. The summed E-state index contributed by atoms with van der Waals surface area (Å²) in [6.45, 7) is 0.517. The third-order valence-electron chi connectivity index (χ3n) is 4.86. The molecule has 4 rings (SSSR count). The molecular formula is C24H20ClFN2O4. The van der Waals surface area contributed by atoms with E-state index in [4.69, 9.17) is 21.1 Å². The smallest absolute Gasteiger partial charge is 0.265 e. The molecule has 0 radical (unpaired) electrons. The van der Waals surface area contributed by atoms with Gasteiger partial charge in [0.2, 0.25) is 5.91 Å². The first-order chi connectivity index (χ1) is 15.5. The number of halogens is 2. The summed E-state index contributed by atoms with van der Waals surface area (Å²) in [7, 11) is 0. The van der Waals surface area contributed by atoms with Crippen molar-refractivity contribution in [3.05, 3.63) is 83.1 Å². The highest BCUT2D eigenvalue weighted by atomic mass is 35.5. The van der Waals surface area contributed by atoms with E-state index >= 15 is 0 Å². The third-order valence-corrected chi connectivity index (χ3v) is 5.11. The minimum Gasteiger partial charge on any atom is -0.492 e. The molecule has 164 valence electrons. The number of nitrogens with one attached hydrogen (secondary N) is 1. The van der Waals surface area contributed by atoms with Gasteiger partial charge in [-0.3, -0.25) is 9.59 Å². The largest absolute Gasteiger partial charge is 0.492 e. The van der Waals surface area contributed by atoms with E-state index in [1.807, 2.05) is 0 Å². The molecule has 1 aliphatic heterocycles. The van der Waals surface area contributed by atoms with Gasteiger partial charge in [-0.15, -0.1) is 0 Å². The van der Waals surface area contributed by atoms with E-state index in [9.17, 15) is 14.0 Å². The molecule has 0 bridgehead atoms. The van der Waals surface area contributed by atoms with E-state index in [0.29, 0.717) is 40.0 Å². The van der Waals surface area contributed by atoms with Crippen molar-refractivity contribution in [2.45, 2.75) is 6.42 Å². The fourth-order valence-electron chi connectivity index (χ4n) is 3.30. The lowest BCUT2D eigenvalue weighted by molar-refractivity contribution is -0.121. The van der Waals surface area contributed by atoms with Gasteiger partial charge < -0.3 is 19.7 Å². The van der Waals surface area contributed by atoms with Gasteiger partial charge in [-0.05, 0) is 60.2 Å². The molecule has 1 aliphatic rings. The van der Waals surface area contributed by atoms with Crippen LogP contribution in [0, 0.1) is 5.82 Å². The van der Waals surface area contributed by atoms with Crippen molar-refractivity contribution in [3.63, 3.8) is 0 Å². The van der Waals surface area contributed by atoms with Gasteiger partial charge in [0.15, 0.2) is 6.61 Å². The van der Waals surface area contributed by atoms with E-state index in [1.54, 1.807) is 59.5 Å². The van der Waals surface area contributed by atoms with Gasteiger partial charge >= 0.3 is 0 Å². The molecule has 0 spiro atoms. The Morgan fingerprint density at radius 3 is 2.59 bits per heavy atom. The number of anilines is 2. The number of fused-ring (bicyclic) bond motifs is 1. The van der Waals surface area contributed by atoms with Crippen molar-refractivity contribution >= 4 is 34.8 Å². The van der Waals surface area contributed by atoms with Gasteiger partial charge in [0.1, 0.15) is 23.9 Å². The van der Waals surface area contributed by atoms with Crippen LogP contribution in [0.2, 0.25) is 5.02 Å². The first-order valence-corrected chi connectivity index (χ1v) is 10.4. The minimum atomic E-state index is -0.353. The lowest BCUT2D eigenvalue weighted by atomic mass is 10.1. The van der Waals surface area contributed by atoms with Crippen LogP contribution in [0.3, 0.4) is 0 Å². The van der Waals surface area contributed by atoms with E-state index in [-0.39, 0.29) is 37.3 Å². The summed E-state index contributed by atoms with van der Waals surface area (Å²) in [5.74, 6) is 0.391. The van der Waals surface area contributed by atoms with Gasteiger partial charge in [-0.25, -0.2) is 4.39 Å². The van der Waals surface area contributed by atoms with Crippen molar-refractivity contribution in [1.82, 2.24) is 0 Å². The molecule has 32 heavy (non-hydrogen) atoms. The van der Waals surface area contributed by atoms with Crippen molar-refractivity contribution in [1.29, 1.82) is 0 Å². The number of carbonyl (C=O) groups is 2. The first kappa shape index (κ1) is 21.6. The zero-order valence-electron chi connectivity index (χ0n) is 17.0. The van der Waals surface area contributed by atoms with Gasteiger partial charge in [0, 0.05) is 10.7 Å². The number of rotatable bonds is 7. The number of benzene rings is 3. The van der Waals surface area contributed by atoms with Crippen LogP contribution in [0.5, 0.6) is 11.5 Å². The monoisotopic (exact) mass is 454 g/mol. The number of hydrogen-bond acceptors (Lipinski definition) is 4. The summed E-state index contributed by atoms with van der Waals surface area (Å²) < 4.78 is 24.3. The number of carbonyl (C=O) groups excluding carboxylic acids is 2. The molecule has 0 fully saturated rings. The average Bonchev–Trinajstić information content (AvgIpc) is 2.78. The highest BCUT2D eigenvalue weighted by molar-refractivity contribution is 6.30. The maximum absolute atomic E-state index is 13.0. The number of ether oxygens (including phenoxy) is 2. The molecule has 0 aromatic heterocycles. The topological polar surface area (TPSA) is 67.9 Å². The zero-order chi connectivity index (χ0) is 22.5. The van der Waals surface area contributed by atoms with Gasteiger partial charge in [-0.2, -0.15) is 0 Å². The lowest BCUT2D eigenvalue weighted by Gasteiger charge is -2.29. The van der Waals surface area contributed by atoms with Crippen LogP contribution in [0.25, 0.3) is 0 Å². The second-order valence-corrected chi connectivity index (χ2v) is 7.61. The predicted molar refractivity (Wildman–Crippen MR) is 120 cm³/mol. The molecule has 0 saturated heterocycles. The molecule has 0 aliphatic carbocycles. The van der Waals surface area contributed by atoms with Crippen LogP contribution in [0.1, 0.15) is 5.56 Å². The highest BCUT2D eigenvalue weighted by Crippen LogP contribution is 2.34. The van der Waals surface area contributed by atoms with Crippen molar-refractivity contribution < 1.29 is 23.5 Å². The number of hydrogen-bond donors (Lipinski definition) is 1. The molecule has 1 N–H and O–H groups in total. The van der Waals surface area contributed by atoms with Crippen LogP contribution >= 0.6 is 11.6 Å². The standard InChI is InChI=1S/C24H20ClFN2O4/c25-17-3-8-20(9-4-17)31-12-11-28-21-14-19(7-10-22(21)32-15-24(28)30)27-23(29)13-16-1-5-18(26)6-2-16/h1-10,14H,11-13,15H2,(H,27,29). The highest BCUT2D eigenvalue weighted by Gasteiger charge is 2.26. The molecule has 0 atom stereocenters. The Morgan fingerprint density at radius 1 is 1.09 bits per heavy atom. The van der Waals surface area contributed by atoms with E-state index in [1.165, 1.54) is 12.1 Å². The van der Waals surface area contributed by atoms with Crippen molar-refractivity contribution in [3.8, 4) is 11.5 Å². The second-order valence-electron chi connectivity index (χ2n) is 7.17. The van der Waals surface area contributed by atoms with E-state index in [2.05, 4.69) is 5.32 Å². The van der Waals surface area contributed by atoms with Crippen molar-refractivity contribution in [2.24, 2.45) is 0 Å². The Kier molecular flexibility index (Phi) is 6.56. The van der Waals surface area contributed by atoms with Crippen LogP contribution in [0.4, 0.5) is 15.8 Å². The normalized spacial score (nSPS) is 12.7. The molecule has 0 saturated carbocycles. The molecule has 0 unspecified atom stereocenters. The first-order valence-electron chi connectivity index (χ1n) is 9.98. The van der Waals surface area contributed by atoms with Gasteiger partial charge in [-0.1, -0.05) is 23.7 Å². The van der Waals surface area contributed by atoms with Gasteiger partial charge in [0.25, 0.3) is 5.91 Å². The fourth-order valence-corrected chi connectivity index (χ4v) is 3.43. The van der Waals surface area contributed by atoms with Crippen LogP contribution in [-0.2, 0) is 16.0 Å². The van der Waals surface area contributed by atoms with Crippen LogP contribution < -0.4 is 19.7 Å². The maximum atomic E-state index is 13.0. The molecule has 1 heterocycles. The Balaban J connectivity index is 1.42. The molecule has 6 nitrogen and oxygen atoms in total. The zero-order valence-corrected chi connectivity index (χ0v) is 17.8. The van der Waals surface area contributed by atoms with Gasteiger partial charge in [0.05, 0.1) is 18.7 Å². The van der Waals surface area contributed by atoms with Crippen LogP contribution in [0.15, 0.2) is 66.7 Å². The summed E-state index contributed by atoms with van der Waals surface area (Å²) in [5, 5.41) is 3.42. The summed E-state index contributed by atoms with van der Waals surface area (Å²) in [6.07, 6.45) is 0.103. The average molecular weight is 455 g/mol. The molecule has 8 heteroatoms. The maximum Gasteiger partial charge on any atom is 0.265 e. The fraction of sp³-hybridized carbons (Fsp3) is 0.167. The quantitative estimate of drug-likeness (QED) is 0.572. The Morgan fingerprint density at radius 2 is 1.84 bits per heavy atom. The number of amides is 2. The second kappa shape index (κ2) is 9.70.